The van der Waals surface area contributed by atoms with Gasteiger partial charge in [0.05, 0.1) is 41.1 Å². The molecule has 2 atom stereocenters. The van der Waals surface area contributed by atoms with E-state index in [1.54, 1.807) is 31.4 Å². The van der Waals surface area contributed by atoms with Crippen LogP contribution in [0.2, 0.25) is 10.0 Å². The number of alkyl halides is 3. The molecule has 0 aliphatic carbocycles. The van der Waals surface area contributed by atoms with Crippen LogP contribution in [0.25, 0.3) is 0 Å². The van der Waals surface area contributed by atoms with Gasteiger partial charge in [-0.3, -0.25) is 19.5 Å². The monoisotopic (exact) mass is 991 g/mol. The van der Waals surface area contributed by atoms with Crippen molar-refractivity contribution in [2.24, 2.45) is 0 Å². The minimum Gasteiger partial charge on any atom is -0.480 e. The van der Waals surface area contributed by atoms with Crippen LogP contribution < -0.4 is 24.8 Å². The smallest absolute Gasteiger partial charge is 0.416 e. The maximum atomic E-state index is 12.7. The van der Waals surface area contributed by atoms with Crippen molar-refractivity contribution in [1.29, 1.82) is 0 Å². The quantitative estimate of drug-likeness (QED) is 0.0391. The minimum absolute atomic E-state index is 0.0246. The molecule has 2 amide bonds. The highest BCUT2D eigenvalue weighted by Crippen LogP contribution is 2.46. The molecule has 0 radical (unpaired) electrons. The van der Waals surface area contributed by atoms with Gasteiger partial charge in [-0.2, -0.15) is 13.2 Å². The molecule has 1 heterocycles. The number of nitrogens with one attached hydrogen (secondary N) is 2. The fraction of sp³-hybridized carbons (Fsp3) is 0.333. The van der Waals surface area contributed by atoms with E-state index in [1.807, 2.05) is 25.1 Å². The van der Waals surface area contributed by atoms with Gasteiger partial charge in [-0.05, 0) is 79.1 Å². The van der Waals surface area contributed by atoms with Crippen molar-refractivity contribution in [3.05, 3.63) is 106 Å². The Bertz CT molecular complexity index is 2400. The Morgan fingerprint density at radius 1 is 0.879 bits per heavy atom. The maximum absolute atomic E-state index is 12.7. The summed E-state index contributed by atoms with van der Waals surface area (Å²) < 4.78 is 75.9. The molecule has 0 saturated heterocycles. The number of amides is 2. The van der Waals surface area contributed by atoms with E-state index in [-0.39, 0.29) is 38.6 Å². The number of methoxy groups -OCH3 is 1. The van der Waals surface area contributed by atoms with Gasteiger partial charge < -0.3 is 49.0 Å². The molecular weight excluding hydrogens is 945 g/mol. The van der Waals surface area contributed by atoms with E-state index in [0.717, 1.165) is 47.9 Å². The summed E-state index contributed by atoms with van der Waals surface area (Å²) in [7, 11) is 0.517. The third-order valence-electron chi connectivity index (χ3n) is 8.97. The van der Waals surface area contributed by atoms with Crippen molar-refractivity contribution >= 4 is 60.4 Å². The second-order valence-corrected chi connectivity index (χ2v) is 17.3. The number of benzene rings is 4. The predicted molar refractivity (Wildman–Crippen MR) is 233 cm³/mol. The summed E-state index contributed by atoms with van der Waals surface area (Å²) in [4.78, 5) is 65.6. The number of fused-ring (bicyclic) bond motifs is 1. The van der Waals surface area contributed by atoms with Crippen molar-refractivity contribution in [3.63, 3.8) is 0 Å². The number of carboxylic acids is 2. The molecule has 24 heteroatoms. The number of carbonyl (C=O) groups excluding carboxylic acids is 2. The SMILES string of the molecule is CON(C)C(=O)Nc1ccc(Oc2ccc3c(c2)OC(C)(OC)CC3(C)C)cc1.C[C@H](OC(=O)c1cc(Oc2ccc(C(F)(F)F)cc2Cl)ccc1Cl)C(=O)O.O=C(O)CNCP(=O)(O)O. The van der Waals surface area contributed by atoms with Crippen molar-refractivity contribution in [3.8, 4) is 28.7 Å². The van der Waals surface area contributed by atoms with Crippen LogP contribution in [0, 0.1) is 0 Å². The topological polar surface area (TPSA) is 249 Å². The first-order valence-corrected chi connectivity index (χ1v) is 21.6. The summed E-state index contributed by atoms with van der Waals surface area (Å²) in [5, 5.41) is 22.3. The molecule has 0 saturated carbocycles. The minimum atomic E-state index is -4.56. The Kier molecular flexibility index (Phi) is 19.2. The number of ether oxygens (including phenoxy) is 5. The number of halogens is 5. The number of hydrogen-bond acceptors (Lipinski definition) is 12. The number of urea groups is 1. The van der Waals surface area contributed by atoms with Gasteiger partial charge in [-0.25, -0.2) is 19.4 Å². The highest BCUT2D eigenvalue weighted by atomic mass is 35.5. The second kappa shape index (κ2) is 23.2. The summed E-state index contributed by atoms with van der Waals surface area (Å²) in [6, 6.07) is 18.9. The molecule has 360 valence electrons. The van der Waals surface area contributed by atoms with Crippen molar-refractivity contribution < 1.29 is 85.4 Å². The van der Waals surface area contributed by atoms with Crippen LogP contribution in [-0.2, 0) is 40.1 Å². The lowest BCUT2D eigenvalue weighted by Crippen LogP contribution is -2.45. The molecule has 1 aliphatic rings. The summed E-state index contributed by atoms with van der Waals surface area (Å²) in [6.45, 7) is 7.03. The largest absolute Gasteiger partial charge is 0.480 e. The molecule has 0 fully saturated rings. The van der Waals surface area contributed by atoms with E-state index in [2.05, 4.69) is 24.5 Å². The molecule has 18 nitrogen and oxygen atoms in total. The maximum Gasteiger partial charge on any atom is 0.416 e. The number of rotatable bonds is 14. The summed E-state index contributed by atoms with van der Waals surface area (Å²) >= 11 is 11.7. The molecule has 4 aromatic carbocycles. The van der Waals surface area contributed by atoms with Crippen molar-refractivity contribution in [1.82, 2.24) is 10.4 Å². The number of carboxylic acid groups (broad SMARTS) is 2. The molecule has 0 aromatic heterocycles. The Morgan fingerprint density at radius 3 is 2.03 bits per heavy atom. The Balaban J connectivity index is 0.000000292. The Morgan fingerprint density at radius 2 is 1.48 bits per heavy atom. The van der Waals surface area contributed by atoms with Crippen LogP contribution in [0.15, 0.2) is 78.9 Å². The fourth-order valence-electron chi connectivity index (χ4n) is 5.71. The Labute approximate surface area is 386 Å². The van der Waals surface area contributed by atoms with E-state index in [0.29, 0.717) is 23.3 Å². The first kappa shape index (κ1) is 54.7. The van der Waals surface area contributed by atoms with Gasteiger partial charge in [-0.15, -0.1) is 0 Å². The van der Waals surface area contributed by atoms with Crippen molar-refractivity contribution in [2.75, 3.05) is 39.4 Å². The highest BCUT2D eigenvalue weighted by molar-refractivity contribution is 7.51. The predicted octanol–water partition coefficient (Wildman–Crippen LogP) is 9.16. The van der Waals surface area contributed by atoms with E-state index in [9.17, 15) is 36.9 Å². The number of hydroxylamine groups is 2. The zero-order chi connectivity index (χ0) is 49.8. The van der Waals surface area contributed by atoms with Gasteiger partial charge in [-0.1, -0.05) is 43.1 Å². The van der Waals surface area contributed by atoms with Crippen molar-refractivity contribution in [2.45, 2.75) is 57.6 Å². The van der Waals surface area contributed by atoms with E-state index in [4.69, 9.17) is 71.7 Å². The number of aliphatic carboxylic acids is 2. The van der Waals surface area contributed by atoms with Gasteiger partial charge in [0.15, 0.2) is 6.10 Å². The van der Waals surface area contributed by atoms with Crippen LogP contribution in [0.1, 0.15) is 55.6 Å². The lowest BCUT2D eigenvalue weighted by molar-refractivity contribution is -0.172. The Hall–Kier alpha value is -5.64. The van der Waals surface area contributed by atoms with Gasteiger partial charge in [0.1, 0.15) is 28.7 Å². The van der Waals surface area contributed by atoms with Gasteiger partial charge in [0, 0.05) is 44.8 Å². The average molecular weight is 993 g/mol. The molecule has 4 aromatic rings. The van der Waals surface area contributed by atoms with Gasteiger partial charge in [0.25, 0.3) is 0 Å². The van der Waals surface area contributed by atoms with Gasteiger partial charge in [0.2, 0.25) is 5.79 Å². The van der Waals surface area contributed by atoms with Gasteiger partial charge >= 0.3 is 37.7 Å². The third-order valence-corrected chi connectivity index (χ3v) is 10.2. The molecule has 5 rings (SSSR count). The molecule has 0 spiro atoms. The lowest BCUT2D eigenvalue weighted by atomic mass is 9.76. The fourth-order valence-corrected chi connectivity index (χ4v) is 6.53. The number of hydrogen-bond donors (Lipinski definition) is 6. The first-order chi connectivity index (χ1) is 30.6. The number of esters is 1. The summed E-state index contributed by atoms with van der Waals surface area (Å²) in [5.41, 5.74) is 0.567. The molecule has 1 unspecified atom stereocenters. The van der Waals surface area contributed by atoms with Crippen LogP contribution in [0.5, 0.6) is 28.7 Å². The normalized spacial score (nSPS) is 15.4. The number of anilines is 1. The number of carbonyl (C=O) groups is 4. The van der Waals surface area contributed by atoms with E-state index >= 15 is 0 Å². The zero-order valence-corrected chi connectivity index (χ0v) is 38.7. The second-order valence-electron chi connectivity index (χ2n) is 14.8. The number of nitrogens with zero attached hydrogens (tertiary/aromatic N) is 1. The molecule has 6 N–H and O–H groups in total. The lowest BCUT2D eigenvalue weighted by Gasteiger charge is -2.43. The van der Waals surface area contributed by atoms with Crippen LogP contribution in [0.4, 0.5) is 23.7 Å². The molecule has 0 bridgehead atoms. The zero-order valence-electron chi connectivity index (χ0n) is 36.3. The standard InChI is InChI=1S/C22H28N2O5.C17H11Cl2F3O5.C3H8NO5P/c1-21(2)14-22(3,26-5)29-19-13-17(11-12-18(19)21)28-16-9-7-15(8-10-16)23-20(25)24(4)27-6;1-8(15(23)24)26-16(25)11-7-10(3-4-12(11)18)27-14-5-2-9(6-13(14)19)17(20,21)22;5-3(6)1-4-2-10(7,8)9/h7-13H,14H2,1-6H3,(H,23,25);2-8H,1H3,(H,23,24);4H,1-2H2,(H,5,6)(H2,7,8,9)/t;8-;/m.0./s1. The van der Waals surface area contributed by atoms with E-state index in [1.165, 1.54) is 26.3 Å². The highest BCUT2D eigenvalue weighted by Gasteiger charge is 2.42. The molecule has 66 heavy (non-hydrogen) atoms. The molecule has 1 aliphatic heterocycles. The van der Waals surface area contributed by atoms with Crippen LogP contribution in [0.3, 0.4) is 0 Å². The molecular formula is C42H47Cl2F3N3O15P. The van der Waals surface area contributed by atoms with Crippen LogP contribution in [-0.4, -0.2) is 95.0 Å². The first-order valence-electron chi connectivity index (χ1n) is 19.1. The average Bonchev–Trinajstić information content (AvgIpc) is 3.21. The van der Waals surface area contributed by atoms with E-state index < -0.39 is 62.0 Å². The summed E-state index contributed by atoms with van der Waals surface area (Å²) in [5.74, 6) is -2.14. The summed E-state index contributed by atoms with van der Waals surface area (Å²) in [6.07, 6.45) is -5.79. The van der Waals surface area contributed by atoms with Crippen LogP contribution >= 0.6 is 30.8 Å². The third kappa shape index (κ3) is 17.0.